The number of aliphatic hydroxyl groups excluding tert-OH is 1. The van der Waals surface area contributed by atoms with Gasteiger partial charge in [0.05, 0.1) is 17.2 Å². The molecule has 1 aromatic heterocycles. The smallest absolute Gasteiger partial charge is 0.224 e. The molecule has 1 aromatic carbocycles. The first-order valence-electron chi connectivity index (χ1n) is 7.08. The van der Waals surface area contributed by atoms with Crippen LogP contribution in [0.4, 0.5) is 10.2 Å². The van der Waals surface area contributed by atoms with Gasteiger partial charge in [0.15, 0.2) is 9.84 Å². The van der Waals surface area contributed by atoms with E-state index in [1.807, 2.05) is 0 Å². The van der Waals surface area contributed by atoms with Gasteiger partial charge in [0.25, 0.3) is 0 Å². The van der Waals surface area contributed by atoms with E-state index in [1.54, 1.807) is 0 Å². The molecule has 0 aliphatic heterocycles. The summed E-state index contributed by atoms with van der Waals surface area (Å²) in [7, 11) is -3.86. The summed E-state index contributed by atoms with van der Waals surface area (Å²) >= 11 is 5.88. The van der Waals surface area contributed by atoms with Gasteiger partial charge >= 0.3 is 0 Å². The highest BCUT2D eigenvalue weighted by atomic mass is 35.5. The number of nitrogens with one attached hydrogen (secondary N) is 1. The maximum Gasteiger partial charge on any atom is 0.224 e. The number of hydrogen-bond acceptors (Lipinski definition) is 6. The summed E-state index contributed by atoms with van der Waals surface area (Å²) in [5, 5.41) is 11.6. The summed E-state index contributed by atoms with van der Waals surface area (Å²) in [4.78, 5) is 7.94. The molecule has 0 fully saturated rings. The van der Waals surface area contributed by atoms with E-state index in [2.05, 4.69) is 15.3 Å². The monoisotopic (exact) mass is 373 g/mol. The lowest BCUT2D eigenvalue weighted by Gasteiger charge is -2.25. The number of aliphatic hydroxyl groups is 1. The summed E-state index contributed by atoms with van der Waals surface area (Å²) in [6, 6.07) is 6.05. The third-order valence-electron chi connectivity index (χ3n) is 3.53. The van der Waals surface area contributed by atoms with E-state index in [0.717, 1.165) is 12.1 Å². The molecule has 24 heavy (non-hydrogen) atoms. The van der Waals surface area contributed by atoms with Crippen molar-refractivity contribution in [3.05, 3.63) is 47.1 Å². The SMILES string of the molecule is CC(C)(c1cc(NCCO)nc(Cl)n1)S(=O)(=O)c1ccc(F)cc1. The summed E-state index contributed by atoms with van der Waals surface area (Å²) in [6.07, 6.45) is 0. The van der Waals surface area contributed by atoms with Crippen LogP contribution in [0.25, 0.3) is 0 Å². The lowest BCUT2D eigenvalue weighted by Crippen LogP contribution is -2.31. The van der Waals surface area contributed by atoms with Crippen LogP contribution in [0.15, 0.2) is 35.2 Å². The topological polar surface area (TPSA) is 92.2 Å². The normalized spacial score (nSPS) is 12.2. The van der Waals surface area contributed by atoms with Crippen molar-refractivity contribution >= 4 is 27.3 Å². The van der Waals surface area contributed by atoms with Crippen LogP contribution in [0.1, 0.15) is 19.5 Å². The van der Waals surface area contributed by atoms with Crippen LogP contribution < -0.4 is 5.32 Å². The largest absolute Gasteiger partial charge is 0.395 e. The highest BCUT2D eigenvalue weighted by Crippen LogP contribution is 2.35. The fraction of sp³-hybridized carbons (Fsp3) is 0.333. The van der Waals surface area contributed by atoms with Crippen molar-refractivity contribution in [2.24, 2.45) is 0 Å². The van der Waals surface area contributed by atoms with Gasteiger partial charge < -0.3 is 10.4 Å². The standard InChI is InChI=1S/C15H17ClFN3O3S/c1-15(2,24(22,23)11-5-3-10(17)4-6-11)12-9-13(18-7-8-21)20-14(16)19-12/h3-6,9,21H,7-8H2,1-2H3,(H,18,19,20). The molecule has 130 valence electrons. The predicted molar refractivity (Wildman–Crippen MR) is 89.2 cm³/mol. The molecule has 0 aliphatic carbocycles. The summed E-state index contributed by atoms with van der Waals surface area (Å²) in [5.41, 5.74) is 0.187. The molecule has 2 N–H and O–H groups in total. The second kappa shape index (κ2) is 7.00. The van der Waals surface area contributed by atoms with Crippen LogP contribution in [-0.4, -0.2) is 36.6 Å². The van der Waals surface area contributed by atoms with E-state index in [0.29, 0.717) is 5.82 Å². The van der Waals surface area contributed by atoms with E-state index in [1.165, 1.54) is 32.0 Å². The predicted octanol–water partition coefficient (Wildman–Crippen LogP) is 2.38. The van der Waals surface area contributed by atoms with Gasteiger partial charge in [0.2, 0.25) is 5.28 Å². The Bertz CT molecular complexity index is 826. The Labute approximate surface area is 144 Å². The number of aromatic nitrogens is 2. The molecule has 9 heteroatoms. The maximum atomic E-state index is 13.1. The zero-order chi connectivity index (χ0) is 18.0. The average Bonchev–Trinajstić information content (AvgIpc) is 2.52. The second-order valence-corrected chi connectivity index (χ2v) is 8.36. The van der Waals surface area contributed by atoms with Crippen LogP contribution in [-0.2, 0) is 14.6 Å². The molecule has 6 nitrogen and oxygen atoms in total. The van der Waals surface area contributed by atoms with Crippen molar-refractivity contribution in [2.45, 2.75) is 23.5 Å². The summed E-state index contributed by atoms with van der Waals surface area (Å²) in [5.74, 6) is -0.214. The molecule has 0 saturated carbocycles. The Morgan fingerprint density at radius 1 is 1.25 bits per heavy atom. The van der Waals surface area contributed by atoms with Crippen LogP contribution >= 0.6 is 11.6 Å². The zero-order valence-corrected chi connectivity index (χ0v) is 14.7. The van der Waals surface area contributed by atoms with E-state index >= 15 is 0 Å². The van der Waals surface area contributed by atoms with Gasteiger partial charge in [-0.05, 0) is 49.7 Å². The van der Waals surface area contributed by atoms with Crippen molar-refractivity contribution in [2.75, 3.05) is 18.5 Å². The first kappa shape index (κ1) is 18.6. The quantitative estimate of drug-likeness (QED) is 0.596. The lowest BCUT2D eigenvalue weighted by molar-refractivity contribution is 0.311. The van der Waals surface area contributed by atoms with E-state index in [-0.39, 0.29) is 29.0 Å². The first-order valence-corrected chi connectivity index (χ1v) is 8.94. The third kappa shape index (κ3) is 3.66. The highest BCUT2D eigenvalue weighted by Gasteiger charge is 2.39. The zero-order valence-electron chi connectivity index (χ0n) is 13.1. The number of benzene rings is 1. The number of sulfone groups is 1. The molecule has 0 aliphatic rings. The van der Waals surface area contributed by atoms with E-state index in [4.69, 9.17) is 16.7 Å². The van der Waals surface area contributed by atoms with E-state index in [9.17, 15) is 12.8 Å². The van der Waals surface area contributed by atoms with Crippen molar-refractivity contribution in [1.29, 1.82) is 0 Å². The Morgan fingerprint density at radius 3 is 2.46 bits per heavy atom. The number of nitrogens with zero attached hydrogens (tertiary/aromatic N) is 2. The molecule has 0 saturated heterocycles. The highest BCUT2D eigenvalue weighted by molar-refractivity contribution is 7.92. The number of rotatable bonds is 6. The Balaban J connectivity index is 2.48. The van der Waals surface area contributed by atoms with Crippen molar-refractivity contribution in [3.63, 3.8) is 0 Å². The number of halogens is 2. The Kier molecular flexibility index (Phi) is 5.42. The molecular weight excluding hydrogens is 357 g/mol. The third-order valence-corrected chi connectivity index (χ3v) is 6.14. The molecule has 0 radical (unpaired) electrons. The number of anilines is 1. The Hall–Kier alpha value is -1.77. The van der Waals surface area contributed by atoms with Crippen LogP contribution in [0, 0.1) is 5.82 Å². The van der Waals surface area contributed by atoms with E-state index < -0.39 is 20.4 Å². The van der Waals surface area contributed by atoms with Crippen molar-refractivity contribution < 1.29 is 17.9 Å². The van der Waals surface area contributed by atoms with Gasteiger partial charge in [0, 0.05) is 12.6 Å². The lowest BCUT2D eigenvalue weighted by atomic mass is 10.1. The molecule has 0 spiro atoms. The van der Waals surface area contributed by atoms with Crippen LogP contribution in [0.5, 0.6) is 0 Å². The summed E-state index contributed by atoms with van der Waals surface area (Å²) in [6.45, 7) is 3.09. The first-order chi connectivity index (χ1) is 11.2. The maximum absolute atomic E-state index is 13.1. The second-order valence-electron chi connectivity index (χ2n) is 5.53. The summed E-state index contributed by atoms with van der Waals surface area (Å²) < 4.78 is 37.5. The van der Waals surface area contributed by atoms with Crippen molar-refractivity contribution in [1.82, 2.24) is 9.97 Å². The molecule has 0 bridgehead atoms. The van der Waals surface area contributed by atoms with Crippen molar-refractivity contribution in [3.8, 4) is 0 Å². The van der Waals surface area contributed by atoms with Gasteiger partial charge in [0.1, 0.15) is 16.4 Å². The van der Waals surface area contributed by atoms with Gasteiger partial charge in [-0.2, -0.15) is 0 Å². The van der Waals surface area contributed by atoms with Gasteiger partial charge in [-0.25, -0.2) is 22.8 Å². The molecule has 1 heterocycles. The molecule has 0 amide bonds. The van der Waals surface area contributed by atoms with Gasteiger partial charge in [-0.3, -0.25) is 0 Å². The number of hydrogen-bond donors (Lipinski definition) is 2. The minimum absolute atomic E-state index is 0.0199. The van der Waals surface area contributed by atoms with Gasteiger partial charge in [-0.1, -0.05) is 0 Å². The van der Waals surface area contributed by atoms with Gasteiger partial charge in [-0.15, -0.1) is 0 Å². The minimum Gasteiger partial charge on any atom is -0.395 e. The Morgan fingerprint density at radius 2 is 1.88 bits per heavy atom. The fourth-order valence-electron chi connectivity index (χ4n) is 2.05. The fourth-order valence-corrected chi connectivity index (χ4v) is 3.69. The molecule has 2 aromatic rings. The van der Waals surface area contributed by atoms with Crippen LogP contribution in [0.2, 0.25) is 5.28 Å². The molecular formula is C15H17ClFN3O3S. The minimum atomic E-state index is -3.86. The molecule has 2 rings (SSSR count). The average molecular weight is 374 g/mol. The van der Waals surface area contributed by atoms with Crippen LogP contribution in [0.3, 0.4) is 0 Å². The molecule has 0 unspecified atom stereocenters. The molecule has 0 atom stereocenters.